The van der Waals surface area contributed by atoms with E-state index in [2.05, 4.69) is 0 Å². The van der Waals surface area contributed by atoms with E-state index in [0.29, 0.717) is 17.9 Å². The van der Waals surface area contributed by atoms with Gasteiger partial charge in [0.25, 0.3) is 5.69 Å². The lowest BCUT2D eigenvalue weighted by Crippen LogP contribution is -2.14. The molecule has 2 rings (SSSR count). The van der Waals surface area contributed by atoms with Gasteiger partial charge in [-0.2, -0.15) is 0 Å². The average Bonchev–Trinajstić information content (AvgIpc) is 2.60. The van der Waals surface area contributed by atoms with Gasteiger partial charge in [0, 0.05) is 12.1 Å². The van der Waals surface area contributed by atoms with Gasteiger partial charge in [0.15, 0.2) is 6.61 Å². The second kappa shape index (κ2) is 8.52. The van der Waals surface area contributed by atoms with Crippen molar-refractivity contribution in [2.24, 2.45) is 0 Å². The minimum atomic E-state index is -0.560. The second-order valence-corrected chi connectivity index (χ2v) is 4.78. The first kappa shape index (κ1) is 17.3. The van der Waals surface area contributed by atoms with Gasteiger partial charge in [-0.25, -0.2) is 4.79 Å². The fourth-order valence-electron chi connectivity index (χ4n) is 1.91. The van der Waals surface area contributed by atoms with Gasteiger partial charge in [-0.1, -0.05) is 12.1 Å². The smallest absolute Gasteiger partial charge is 0.344 e. The molecule has 0 aromatic heterocycles. The maximum absolute atomic E-state index is 11.7. The number of nitrogens with zero attached hydrogens (tertiary/aromatic N) is 1. The molecule has 0 saturated carbocycles. The average molecular weight is 331 g/mol. The van der Waals surface area contributed by atoms with E-state index in [0.717, 1.165) is 5.75 Å². The third-order valence-electron chi connectivity index (χ3n) is 3.01. The number of esters is 1. The van der Waals surface area contributed by atoms with Crippen molar-refractivity contribution in [3.8, 4) is 11.5 Å². The molecule has 0 amide bonds. The van der Waals surface area contributed by atoms with Gasteiger partial charge in [-0.3, -0.25) is 10.1 Å². The molecular formula is C17H17NO6. The number of carbonyl (C=O) groups is 1. The lowest BCUT2D eigenvalue weighted by molar-refractivity contribution is -0.384. The number of benzene rings is 2. The van der Waals surface area contributed by atoms with Crippen LogP contribution in [-0.2, 0) is 16.1 Å². The molecule has 0 spiro atoms. The molecule has 0 radical (unpaired) electrons. The molecule has 0 aliphatic rings. The number of carbonyl (C=O) groups excluding carboxylic acids is 1. The van der Waals surface area contributed by atoms with Gasteiger partial charge in [0.1, 0.15) is 18.1 Å². The first-order valence-electron chi connectivity index (χ1n) is 7.33. The minimum absolute atomic E-state index is 0.0470. The summed E-state index contributed by atoms with van der Waals surface area (Å²) in [5.41, 5.74) is 0.493. The largest absolute Gasteiger partial charge is 0.494 e. The summed E-state index contributed by atoms with van der Waals surface area (Å²) in [5, 5.41) is 10.7. The number of non-ortho nitro benzene ring substituents is 1. The second-order valence-electron chi connectivity index (χ2n) is 4.78. The highest BCUT2D eigenvalue weighted by Gasteiger charge is 2.09. The van der Waals surface area contributed by atoms with Crippen molar-refractivity contribution < 1.29 is 23.9 Å². The van der Waals surface area contributed by atoms with Crippen LogP contribution in [0.3, 0.4) is 0 Å². The van der Waals surface area contributed by atoms with E-state index in [1.165, 1.54) is 18.2 Å². The first-order chi connectivity index (χ1) is 11.6. The van der Waals surface area contributed by atoms with E-state index in [9.17, 15) is 14.9 Å². The van der Waals surface area contributed by atoms with Gasteiger partial charge in [-0.15, -0.1) is 0 Å². The van der Waals surface area contributed by atoms with Crippen molar-refractivity contribution in [1.29, 1.82) is 0 Å². The molecule has 126 valence electrons. The molecule has 0 saturated heterocycles. The van der Waals surface area contributed by atoms with Gasteiger partial charge in [-0.05, 0) is 36.8 Å². The molecule has 0 unspecified atom stereocenters. The van der Waals surface area contributed by atoms with Crippen molar-refractivity contribution in [1.82, 2.24) is 0 Å². The number of hydrogen-bond donors (Lipinski definition) is 0. The number of ether oxygens (including phenoxy) is 3. The standard InChI is InChI=1S/C17H17NO6/c1-2-22-15-6-8-16(9-7-15)23-12-17(19)24-11-13-4-3-5-14(10-13)18(20)21/h3-10H,2,11-12H2,1H3. The van der Waals surface area contributed by atoms with Crippen LogP contribution in [0.5, 0.6) is 11.5 Å². The van der Waals surface area contributed by atoms with E-state index >= 15 is 0 Å². The highest BCUT2D eigenvalue weighted by atomic mass is 16.6. The number of nitro benzene ring substituents is 1. The Bertz CT molecular complexity index is 698. The Morgan fingerprint density at radius 1 is 1.08 bits per heavy atom. The lowest BCUT2D eigenvalue weighted by atomic mass is 10.2. The maximum atomic E-state index is 11.7. The van der Waals surface area contributed by atoms with E-state index in [4.69, 9.17) is 14.2 Å². The van der Waals surface area contributed by atoms with Crippen molar-refractivity contribution in [2.75, 3.05) is 13.2 Å². The summed E-state index contributed by atoms with van der Waals surface area (Å²) in [7, 11) is 0. The van der Waals surface area contributed by atoms with Crippen molar-refractivity contribution in [3.63, 3.8) is 0 Å². The zero-order valence-electron chi connectivity index (χ0n) is 13.1. The van der Waals surface area contributed by atoms with Crippen molar-refractivity contribution in [2.45, 2.75) is 13.5 Å². The Labute approximate surface area is 138 Å². The fraction of sp³-hybridized carbons (Fsp3) is 0.235. The van der Waals surface area contributed by atoms with Gasteiger partial charge in [0.05, 0.1) is 11.5 Å². The molecule has 0 atom stereocenters. The van der Waals surface area contributed by atoms with Gasteiger partial charge >= 0.3 is 5.97 Å². The van der Waals surface area contributed by atoms with Crippen LogP contribution in [0.15, 0.2) is 48.5 Å². The summed E-state index contributed by atoms with van der Waals surface area (Å²) < 4.78 is 15.7. The molecule has 0 fully saturated rings. The number of hydrogen-bond acceptors (Lipinski definition) is 6. The summed E-state index contributed by atoms with van der Waals surface area (Å²) in [5.74, 6) is 0.680. The molecule has 0 heterocycles. The van der Waals surface area contributed by atoms with E-state index in [-0.39, 0.29) is 18.9 Å². The molecule has 0 bridgehead atoms. The fourth-order valence-corrected chi connectivity index (χ4v) is 1.91. The van der Waals surface area contributed by atoms with Crippen LogP contribution in [0.25, 0.3) is 0 Å². The summed E-state index contributed by atoms with van der Waals surface area (Å²) >= 11 is 0. The lowest BCUT2D eigenvalue weighted by Gasteiger charge is -2.08. The van der Waals surface area contributed by atoms with Crippen LogP contribution in [0.4, 0.5) is 5.69 Å². The van der Waals surface area contributed by atoms with Crippen molar-refractivity contribution >= 4 is 11.7 Å². The van der Waals surface area contributed by atoms with Crippen LogP contribution >= 0.6 is 0 Å². The van der Waals surface area contributed by atoms with Gasteiger partial charge in [0.2, 0.25) is 0 Å². The topological polar surface area (TPSA) is 87.9 Å². The Morgan fingerprint density at radius 2 is 1.75 bits per heavy atom. The summed E-state index contributed by atoms with van der Waals surface area (Å²) in [4.78, 5) is 21.9. The third-order valence-corrected chi connectivity index (χ3v) is 3.01. The van der Waals surface area contributed by atoms with Crippen LogP contribution in [0.2, 0.25) is 0 Å². The van der Waals surface area contributed by atoms with Crippen LogP contribution in [-0.4, -0.2) is 24.1 Å². The molecule has 24 heavy (non-hydrogen) atoms. The molecule has 0 aliphatic heterocycles. The van der Waals surface area contributed by atoms with Crippen LogP contribution in [0.1, 0.15) is 12.5 Å². The summed E-state index contributed by atoms with van der Waals surface area (Å²) in [6, 6.07) is 12.8. The molecular weight excluding hydrogens is 314 g/mol. The molecule has 2 aromatic rings. The Hall–Kier alpha value is -3.09. The molecule has 7 nitrogen and oxygen atoms in total. The zero-order chi connectivity index (χ0) is 17.4. The highest BCUT2D eigenvalue weighted by Crippen LogP contribution is 2.17. The number of nitro groups is 1. The molecule has 7 heteroatoms. The van der Waals surface area contributed by atoms with Crippen LogP contribution < -0.4 is 9.47 Å². The molecule has 0 N–H and O–H groups in total. The summed E-state index contributed by atoms with van der Waals surface area (Å²) in [6.45, 7) is 2.17. The Morgan fingerprint density at radius 3 is 2.38 bits per heavy atom. The van der Waals surface area contributed by atoms with Gasteiger partial charge < -0.3 is 14.2 Å². The predicted molar refractivity (Wildman–Crippen MR) is 86.0 cm³/mol. The summed E-state index contributed by atoms with van der Waals surface area (Å²) in [6.07, 6.45) is 0. The first-order valence-corrected chi connectivity index (χ1v) is 7.33. The molecule has 0 aliphatic carbocycles. The van der Waals surface area contributed by atoms with Crippen LogP contribution in [0, 0.1) is 10.1 Å². The highest BCUT2D eigenvalue weighted by molar-refractivity contribution is 5.71. The Kier molecular flexibility index (Phi) is 6.13. The quantitative estimate of drug-likeness (QED) is 0.419. The normalized spacial score (nSPS) is 10.0. The van der Waals surface area contributed by atoms with E-state index in [1.807, 2.05) is 6.92 Å². The minimum Gasteiger partial charge on any atom is -0.494 e. The number of rotatable bonds is 8. The zero-order valence-corrected chi connectivity index (χ0v) is 13.1. The molecule has 2 aromatic carbocycles. The van der Waals surface area contributed by atoms with E-state index < -0.39 is 10.9 Å². The predicted octanol–water partition coefficient (Wildman–Crippen LogP) is 3.12. The Balaban J connectivity index is 1.79. The SMILES string of the molecule is CCOc1ccc(OCC(=O)OCc2cccc([N+](=O)[O-])c2)cc1. The van der Waals surface area contributed by atoms with E-state index in [1.54, 1.807) is 30.3 Å². The van der Waals surface area contributed by atoms with Crippen molar-refractivity contribution in [3.05, 3.63) is 64.2 Å². The maximum Gasteiger partial charge on any atom is 0.344 e. The monoisotopic (exact) mass is 331 g/mol. The third kappa shape index (κ3) is 5.28.